The summed E-state index contributed by atoms with van der Waals surface area (Å²) in [5, 5.41) is 3.57. The highest BCUT2D eigenvalue weighted by Crippen LogP contribution is 2.20. The molecule has 2 unspecified atom stereocenters. The number of imidazole rings is 1. The van der Waals surface area contributed by atoms with Gasteiger partial charge in [-0.2, -0.15) is 0 Å². The Morgan fingerprint density at radius 3 is 2.83 bits per heavy atom. The zero-order valence-electron chi connectivity index (χ0n) is 15.0. The predicted molar refractivity (Wildman–Crippen MR) is 90.2 cm³/mol. The lowest BCUT2D eigenvalue weighted by Crippen LogP contribution is -2.51. The first-order chi connectivity index (χ1) is 10.8. The zero-order valence-corrected chi connectivity index (χ0v) is 15.0. The van der Waals surface area contributed by atoms with Crippen LogP contribution in [0.15, 0.2) is 12.4 Å². The Morgan fingerprint density at radius 2 is 2.22 bits per heavy atom. The molecule has 0 aromatic carbocycles. The van der Waals surface area contributed by atoms with Gasteiger partial charge in [0.1, 0.15) is 11.4 Å². The molecule has 2 heterocycles. The number of piperidine rings is 1. The summed E-state index contributed by atoms with van der Waals surface area (Å²) in [5.74, 6) is 1.06. The molecule has 1 aliphatic heterocycles. The molecule has 0 aliphatic carbocycles. The second kappa shape index (κ2) is 7.34. The van der Waals surface area contributed by atoms with Gasteiger partial charge in [0.05, 0.1) is 6.54 Å². The summed E-state index contributed by atoms with van der Waals surface area (Å²) in [7, 11) is 0. The van der Waals surface area contributed by atoms with Crippen molar-refractivity contribution < 1.29 is 9.53 Å². The van der Waals surface area contributed by atoms with Crippen LogP contribution in [0, 0.1) is 0 Å². The molecule has 0 saturated carbocycles. The smallest absolute Gasteiger partial charge is 0.410 e. The summed E-state index contributed by atoms with van der Waals surface area (Å²) in [4.78, 5) is 18.5. The van der Waals surface area contributed by atoms with Crippen LogP contribution in [-0.2, 0) is 17.8 Å². The van der Waals surface area contributed by atoms with Crippen LogP contribution in [0.2, 0.25) is 0 Å². The SMILES string of the molecule is CCn1ccnc1CNC1CCN(C(=O)OC(C)(C)C)C(C)C1. The molecule has 23 heavy (non-hydrogen) atoms. The maximum atomic E-state index is 12.2. The number of carbonyl (C=O) groups excluding carboxylic acids is 1. The number of carbonyl (C=O) groups is 1. The van der Waals surface area contributed by atoms with Crippen LogP contribution in [0.25, 0.3) is 0 Å². The summed E-state index contributed by atoms with van der Waals surface area (Å²) in [6.07, 6.45) is 5.52. The molecule has 1 saturated heterocycles. The lowest BCUT2D eigenvalue weighted by Gasteiger charge is -2.38. The van der Waals surface area contributed by atoms with Gasteiger partial charge in [0.25, 0.3) is 0 Å². The van der Waals surface area contributed by atoms with Crippen molar-refractivity contribution in [1.29, 1.82) is 0 Å². The highest BCUT2D eigenvalue weighted by molar-refractivity contribution is 5.68. The molecular formula is C17H30N4O2. The van der Waals surface area contributed by atoms with E-state index in [1.807, 2.05) is 38.1 Å². The number of ether oxygens (including phenoxy) is 1. The third-order valence-corrected chi connectivity index (χ3v) is 4.20. The van der Waals surface area contributed by atoms with Gasteiger partial charge >= 0.3 is 6.09 Å². The van der Waals surface area contributed by atoms with Gasteiger partial charge in [-0.1, -0.05) is 0 Å². The molecule has 0 bridgehead atoms. The average molecular weight is 322 g/mol. The normalized spacial score (nSPS) is 22.2. The Labute approximate surface area is 139 Å². The van der Waals surface area contributed by atoms with Crippen molar-refractivity contribution in [2.45, 2.75) is 78.2 Å². The number of hydrogen-bond donors (Lipinski definition) is 1. The van der Waals surface area contributed by atoms with Gasteiger partial charge in [0.15, 0.2) is 0 Å². The molecule has 1 aliphatic rings. The van der Waals surface area contributed by atoms with Crippen molar-refractivity contribution in [3.05, 3.63) is 18.2 Å². The number of aromatic nitrogens is 2. The Bertz CT molecular complexity index is 521. The van der Waals surface area contributed by atoms with Crippen molar-refractivity contribution in [2.75, 3.05) is 6.54 Å². The van der Waals surface area contributed by atoms with Crippen LogP contribution in [0.5, 0.6) is 0 Å². The lowest BCUT2D eigenvalue weighted by molar-refractivity contribution is 0.00929. The van der Waals surface area contributed by atoms with E-state index in [0.29, 0.717) is 6.04 Å². The van der Waals surface area contributed by atoms with Gasteiger partial charge in [-0.05, 0) is 47.5 Å². The summed E-state index contributed by atoms with van der Waals surface area (Å²) in [6, 6.07) is 0.590. The highest BCUT2D eigenvalue weighted by Gasteiger charge is 2.31. The molecule has 130 valence electrons. The van der Waals surface area contributed by atoms with Crippen LogP contribution < -0.4 is 5.32 Å². The first kappa shape index (κ1) is 17.8. The van der Waals surface area contributed by atoms with E-state index in [1.54, 1.807) is 0 Å². The topological polar surface area (TPSA) is 59.4 Å². The van der Waals surface area contributed by atoms with Crippen molar-refractivity contribution in [1.82, 2.24) is 19.8 Å². The van der Waals surface area contributed by atoms with Crippen LogP contribution >= 0.6 is 0 Å². The molecule has 0 radical (unpaired) electrons. The van der Waals surface area contributed by atoms with Gasteiger partial charge in [0, 0.05) is 37.6 Å². The maximum Gasteiger partial charge on any atom is 0.410 e. The Balaban J connectivity index is 1.83. The number of amides is 1. The molecule has 1 amide bonds. The number of aryl methyl sites for hydroxylation is 1. The van der Waals surface area contributed by atoms with Gasteiger partial charge < -0.3 is 19.5 Å². The number of rotatable bonds is 4. The van der Waals surface area contributed by atoms with E-state index in [-0.39, 0.29) is 12.1 Å². The standard InChI is InChI=1S/C17H30N4O2/c1-6-20-10-8-18-15(20)12-19-14-7-9-21(13(2)11-14)16(22)23-17(3,4)5/h8,10,13-14,19H,6-7,9,11-12H2,1-5H3. The number of hydrogen-bond acceptors (Lipinski definition) is 4. The van der Waals surface area contributed by atoms with E-state index < -0.39 is 5.60 Å². The number of nitrogens with one attached hydrogen (secondary N) is 1. The zero-order chi connectivity index (χ0) is 17.0. The van der Waals surface area contributed by atoms with Crippen molar-refractivity contribution in [3.8, 4) is 0 Å². The van der Waals surface area contributed by atoms with Crippen LogP contribution in [0.1, 0.15) is 53.3 Å². The molecule has 0 spiro atoms. The molecule has 1 N–H and O–H groups in total. The monoisotopic (exact) mass is 322 g/mol. The van der Waals surface area contributed by atoms with Gasteiger partial charge in [-0.3, -0.25) is 0 Å². The molecule has 6 heteroatoms. The molecule has 6 nitrogen and oxygen atoms in total. The van der Waals surface area contributed by atoms with E-state index in [0.717, 1.165) is 38.3 Å². The molecule has 1 aromatic heterocycles. The second-order valence-corrected chi connectivity index (χ2v) is 7.25. The molecule has 2 rings (SSSR count). The summed E-state index contributed by atoms with van der Waals surface area (Å²) in [6.45, 7) is 12.3. The van der Waals surface area contributed by atoms with E-state index in [9.17, 15) is 4.79 Å². The first-order valence-corrected chi connectivity index (χ1v) is 8.53. The fraction of sp³-hybridized carbons (Fsp3) is 0.765. The Hall–Kier alpha value is -1.56. The minimum Gasteiger partial charge on any atom is -0.444 e. The summed E-state index contributed by atoms with van der Waals surface area (Å²) < 4.78 is 7.63. The Morgan fingerprint density at radius 1 is 1.48 bits per heavy atom. The maximum absolute atomic E-state index is 12.2. The van der Waals surface area contributed by atoms with Crippen LogP contribution in [0.4, 0.5) is 4.79 Å². The molecule has 2 atom stereocenters. The summed E-state index contributed by atoms with van der Waals surface area (Å²) >= 11 is 0. The number of nitrogens with zero attached hydrogens (tertiary/aromatic N) is 3. The van der Waals surface area contributed by atoms with Gasteiger partial charge in [-0.25, -0.2) is 9.78 Å². The minimum absolute atomic E-state index is 0.182. The third kappa shape index (κ3) is 4.96. The fourth-order valence-corrected chi connectivity index (χ4v) is 2.98. The van der Waals surface area contributed by atoms with E-state index in [1.165, 1.54) is 0 Å². The predicted octanol–water partition coefficient (Wildman–Crippen LogP) is 2.78. The summed E-state index contributed by atoms with van der Waals surface area (Å²) in [5.41, 5.74) is -0.441. The quantitative estimate of drug-likeness (QED) is 0.926. The van der Waals surface area contributed by atoms with E-state index >= 15 is 0 Å². The Kier molecular flexibility index (Phi) is 5.68. The van der Waals surface area contributed by atoms with Crippen molar-refractivity contribution in [2.24, 2.45) is 0 Å². The first-order valence-electron chi connectivity index (χ1n) is 8.53. The van der Waals surface area contributed by atoms with Crippen LogP contribution in [0.3, 0.4) is 0 Å². The third-order valence-electron chi connectivity index (χ3n) is 4.20. The second-order valence-electron chi connectivity index (χ2n) is 7.25. The largest absolute Gasteiger partial charge is 0.444 e. The van der Waals surface area contributed by atoms with Gasteiger partial charge in [-0.15, -0.1) is 0 Å². The molecule has 1 fully saturated rings. The number of likely N-dealkylation sites (tertiary alicyclic amines) is 1. The molecular weight excluding hydrogens is 292 g/mol. The van der Waals surface area contributed by atoms with E-state index in [4.69, 9.17) is 4.74 Å². The fourth-order valence-electron chi connectivity index (χ4n) is 2.98. The van der Waals surface area contributed by atoms with Crippen molar-refractivity contribution in [3.63, 3.8) is 0 Å². The van der Waals surface area contributed by atoms with Crippen molar-refractivity contribution >= 4 is 6.09 Å². The van der Waals surface area contributed by atoms with Gasteiger partial charge in [0.2, 0.25) is 0 Å². The highest BCUT2D eigenvalue weighted by atomic mass is 16.6. The lowest BCUT2D eigenvalue weighted by atomic mass is 9.98. The average Bonchev–Trinajstić information content (AvgIpc) is 2.90. The minimum atomic E-state index is -0.441. The van der Waals surface area contributed by atoms with E-state index in [2.05, 4.69) is 28.7 Å². The molecule has 1 aromatic rings. The van der Waals surface area contributed by atoms with Crippen LogP contribution in [-0.4, -0.2) is 44.8 Å².